The van der Waals surface area contributed by atoms with Crippen LogP contribution in [-0.4, -0.2) is 44.2 Å². The number of hydrogen-bond donors (Lipinski definition) is 1. The zero-order chi connectivity index (χ0) is 20.0. The topological polar surface area (TPSA) is 97.4 Å². The number of nitrogens with one attached hydrogen (secondary N) is 1. The Morgan fingerprint density at radius 2 is 2.04 bits per heavy atom. The van der Waals surface area contributed by atoms with E-state index in [9.17, 15) is 9.59 Å². The highest BCUT2D eigenvalue weighted by Crippen LogP contribution is 2.28. The molecule has 9 nitrogen and oxygen atoms in total. The number of benzene rings is 1. The fourth-order valence-corrected chi connectivity index (χ4v) is 3.69. The number of rotatable bonds is 4. The van der Waals surface area contributed by atoms with Gasteiger partial charge in [-0.05, 0) is 37.1 Å². The number of aromatic nitrogens is 5. The van der Waals surface area contributed by atoms with Crippen LogP contribution in [0.2, 0.25) is 0 Å². The van der Waals surface area contributed by atoms with Crippen molar-refractivity contribution in [3.8, 4) is 0 Å². The highest BCUT2D eigenvalue weighted by atomic mass is 32.1. The van der Waals surface area contributed by atoms with Gasteiger partial charge in [-0.1, -0.05) is 17.4 Å². The van der Waals surface area contributed by atoms with E-state index < -0.39 is 5.69 Å². The number of hydrogen-bond acceptors (Lipinski definition) is 7. The number of thiazole rings is 1. The molecule has 0 aliphatic heterocycles. The molecule has 0 aliphatic carbocycles. The molecule has 1 amide bonds. The third kappa shape index (κ3) is 3.11. The Morgan fingerprint density at radius 3 is 2.75 bits per heavy atom. The standard InChI is InChI=1S/C18H19N7O2S/c1-10-5-6-12(7-11(10)2)20-13(26)8-25-18(27)24-9-19-15-14(16(24)22-25)28-17(21-15)23(3)4/h5-7,9H,8H2,1-4H3,(H,20,26). The first-order valence-electron chi connectivity index (χ1n) is 8.62. The van der Waals surface area contributed by atoms with E-state index in [2.05, 4.69) is 20.4 Å². The van der Waals surface area contributed by atoms with Crippen LogP contribution in [0.25, 0.3) is 16.0 Å². The summed E-state index contributed by atoms with van der Waals surface area (Å²) in [4.78, 5) is 35.6. The van der Waals surface area contributed by atoms with Gasteiger partial charge in [0.25, 0.3) is 0 Å². The van der Waals surface area contributed by atoms with Crippen molar-refractivity contribution in [3.05, 3.63) is 46.1 Å². The first kappa shape index (κ1) is 18.1. The first-order valence-corrected chi connectivity index (χ1v) is 9.44. The maximum absolute atomic E-state index is 12.6. The summed E-state index contributed by atoms with van der Waals surface area (Å²) < 4.78 is 3.18. The maximum Gasteiger partial charge on any atom is 0.352 e. The predicted octanol–water partition coefficient (Wildman–Crippen LogP) is 1.82. The Hall–Kier alpha value is -3.27. The molecule has 144 valence electrons. The molecule has 0 saturated carbocycles. The van der Waals surface area contributed by atoms with E-state index in [4.69, 9.17) is 0 Å². The molecule has 0 fully saturated rings. The number of aryl methyl sites for hydroxylation is 2. The molecule has 28 heavy (non-hydrogen) atoms. The van der Waals surface area contributed by atoms with Crippen LogP contribution in [-0.2, 0) is 11.3 Å². The van der Waals surface area contributed by atoms with Gasteiger partial charge in [-0.25, -0.2) is 18.9 Å². The molecule has 0 bridgehead atoms. The van der Waals surface area contributed by atoms with E-state index in [0.717, 1.165) is 20.9 Å². The van der Waals surface area contributed by atoms with E-state index in [1.165, 1.54) is 22.1 Å². The van der Waals surface area contributed by atoms with Crippen LogP contribution < -0.4 is 15.9 Å². The van der Waals surface area contributed by atoms with E-state index >= 15 is 0 Å². The lowest BCUT2D eigenvalue weighted by Gasteiger charge is -2.07. The number of carbonyl (C=O) groups excluding carboxylic acids is 1. The van der Waals surface area contributed by atoms with Crippen LogP contribution in [0, 0.1) is 13.8 Å². The third-order valence-corrected chi connectivity index (χ3v) is 5.64. The van der Waals surface area contributed by atoms with Crippen LogP contribution >= 0.6 is 11.3 Å². The Balaban J connectivity index is 1.65. The van der Waals surface area contributed by atoms with Gasteiger partial charge >= 0.3 is 5.69 Å². The summed E-state index contributed by atoms with van der Waals surface area (Å²) in [6.07, 6.45) is 1.39. The molecule has 1 N–H and O–H groups in total. The summed E-state index contributed by atoms with van der Waals surface area (Å²) in [5, 5.41) is 7.92. The number of carbonyl (C=O) groups is 1. The normalized spacial score (nSPS) is 11.3. The van der Waals surface area contributed by atoms with Gasteiger partial charge in [-0.2, -0.15) is 4.98 Å². The van der Waals surface area contributed by atoms with E-state index in [1.54, 1.807) is 0 Å². The predicted molar refractivity (Wildman–Crippen MR) is 109 cm³/mol. The highest BCUT2D eigenvalue weighted by Gasteiger charge is 2.17. The average Bonchev–Trinajstić information content (AvgIpc) is 3.20. The Labute approximate surface area is 164 Å². The summed E-state index contributed by atoms with van der Waals surface area (Å²) in [6, 6.07) is 5.67. The van der Waals surface area contributed by atoms with Crippen molar-refractivity contribution < 1.29 is 4.79 Å². The van der Waals surface area contributed by atoms with Gasteiger partial charge in [-0.15, -0.1) is 5.10 Å². The number of amides is 1. The summed E-state index contributed by atoms with van der Waals surface area (Å²) >= 11 is 1.40. The van der Waals surface area contributed by atoms with Gasteiger partial charge in [0.15, 0.2) is 16.4 Å². The van der Waals surface area contributed by atoms with E-state index in [1.807, 2.05) is 51.0 Å². The molecule has 10 heteroatoms. The second kappa shape index (κ2) is 6.71. The molecule has 0 atom stereocenters. The van der Waals surface area contributed by atoms with Crippen molar-refractivity contribution >= 4 is 44.1 Å². The van der Waals surface area contributed by atoms with Crippen molar-refractivity contribution in [1.82, 2.24) is 24.1 Å². The molecule has 3 aromatic heterocycles. The minimum atomic E-state index is -0.417. The van der Waals surface area contributed by atoms with Crippen LogP contribution in [0.4, 0.5) is 10.8 Å². The van der Waals surface area contributed by atoms with E-state index in [0.29, 0.717) is 21.7 Å². The fraction of sp³-hybridized carbons (Fsp3) is 0.278. The zero-order valence-corrected chi connectivity index (χ0v) is 16.7. The molecule has 0 radical (unpaired) electrons. The number of fused-ring (bicyclic) bond motifs is 3. The quantitative estimate of drug-likeness (QED) is 0.564. The van der Waals surface area contributed by atoms with Gasteiger partial charge < -0.3 is 10.2 Å². The summed E-state index contributed by atoms with van der Waals surface area (Å²) in [7, 11) is 3.77. The third-order valence-electron chi connectivity index (χ3n) is 4.43. The number of anilines is 2. The first-order chi connectivity index (χ1) is 13.3. The van der Waals surface area contributed by atoms with Crippen molar-refractivity contribution in [2.45, 2.75) is 20.4 Å². The van der Waals surface area contributed by atoms with Crippen LogP contribution in [0.3, 0.4) is 0 Å². The molecular formula is C18H19N7O2S. The second-order valence-corrected chi connectivity index (χ2v) is 7.75. The molecule has 4 rings (SSSR count). The highest BCUT2D eigenvalue weighted by molar-refractivity contribution is 7.22. The lowest BCUT2D eigenvalue weighted by atomic mass is 10.1. The van der Waals surface area contributed by atoms with Crippen molar-refractivity contribution in [1.29, 1.82) is 0 Å². The van der Waals surface area contributed by atoms with Gasteiger partial charge in [0.2, 0.25) is 5.91 Å². The molecular weight excluding hydrogens is 378 g/mol. The Bertz CT molecular complexity index is 1270. The minimum absolute atomic E-state index is 0.186. The van der Waals surface area contributed by atoms with Crippen LogP contribution in [0.5, 0.6) is 0 Å². The molecule has 3 heterocycles. The van der Waals surface area contributed by atoms with Gasteiger partial charge in [0, 0.05) is 19.8 Å². The zero-order valence-electron chi connectivity index (χ0n) is 15.9. The molecule has 0 spiro atoms. The summed E-state index contributed by atoms with van der Waals surface area (Å²) in [5.41, 5.74) is 3.47. The van der Waals surface area contributed by atoms with Crippen molar-refractivity contribution in [3.63, 3.8) is 0 Å². The Morgan fingerprint density at radius 1 is 1.25 bits per heavy atom. The molecule has 4 aromatic rings. The monoisotopic (exact) mass is 397 g/mol. The smallest absolute Gasteiger partial charge is 0.352 e. The largest absolute Gasteiger partial charge is 0.354 e. The second-order valence-electron chi connectivity index (χ2n) is 6.77. The summed E-state index contributed by atoms with van der Waals surface area (Å²) in [5.74, 6) is -0.323. The lowest BCUT2D eigenvalue weighted by molar-refractivity contribution is -0.117. The molecule has 0 saturated heterocycles. The minimum Gasteiger partial charge on any atom is -0.354 e. The van der Waals surface area contributed by atoms with E-state index in [-0.39, 0.29) is 12.5 Å². The maximum atomic E-state index is 12.6. The molecule has 1 aromatic carbocycles. The van der Waals surface area contributed by atoms with Gasteiger partial charge in [-0.3, -0.25) is 4.79 Å². The van der Waals surface area contributed by atoms with Gasteiger partial charge in [0.05, 0.1) is 0 Å². The SMILES string of the molecule is Cc1ccc(NC(=O)Cn2nc3c4sc(N(C)C)nc4ncn3c2=O)cc1C. The van der Waals surface area contributed by atoms with Crippen molar-refractivity contribution in [2.75, 3.05) is 24.3 Å². The van der Waals surface area contributed by atoms with Crippen LogP contribution in [0.1, 0.15) is 11.1 Å². The lowest BCUT2D eigenvalue weighted by Crippen LogP contribution is -2.28. The average molecular weight is 397 g/mol. The van der Waals surface area contributed by atoms with Crippen LogP contribution in [0.15, 0.2) is 29.3 Å². The fourth-order valence-electron chi connectivity index (χ4n) is 2.78. The van der Waals surface area contributed by atoms with Gasteiger partial charge in [0.1, 0.15) is 17.6 Å². The molecule has 0 aliphatic rings. The Kier molecular flexibility index (Phi) is 4.34. The van der Waals surface area contributed by atoms with Crippen molar-refractivity contribution in [2.24, 2.45) is 0 Å². The molecule has 0 unspecified atom stereocenters. The summed E-state index contributed by atoms with van der Waals surface area (Å²) in [6.45, 7) is 3.80. The number of nitrogens with zero attached hydrogens (tertiary/aromatic N) is 6.